The number of nitrogens with zero attached hydrogens (tertiary/aromatic N) is 1. The molecule has 0 spiro atoms. The fraction of sp³-hybridized carbons (Fsp3) is 0.500. The molecule has 0 amide bonds. The van der Waals surface area contributed by atoms with Crippen LogP contribution in [0.5, 0.6) is 0 Å². The smallest absolute Gasteiger partial charge is 0.244 e. The second-order valence-electron chi connectivity index (χ2n) is 5.53. The first-order valence-corrected chi connectivity index (χ1v) is 8.56. The van der Waals surface area contributed by atoms with Gasteiger partial charge in [-0.05, 0) is 30.4 Å². The Morgan fingerprint density at radius 2 is 2.05 bits per heavy atom. The van der Waals surface area contributed by atoms with Crippen LogP contribution in [0.4, 0.5) is 0 Å². The lowest BCUT2D eigenvalue weighted by molar-refractivity contribution is 0.305. The Bertz CT molecular complexity index is 658. The van der Waals surface area contributed by atoms with Gasteiger partial charge in [-0.15, -0.1) is 0 Å². The van der Waals surface area contributed by atoms with Gasteiger partial charge in [0, 0.05) is 25.6 Å². The van der Waals surface area contributed by atoms with Crippen LogP contribution in [0.3, 0.4) is 0 Å². The normalized spacial score (nSPS) is 21.0. The highest BCUT2D eigenvalue weighted by Crippen LogP contribution is 2.38. The molecule has 114 valence electrons. The Labute approximate surface area is 126 Å². The molecule has 0 heterocycles. The van der Waals surface area contributed by atoms with E-state index in [1.807, 2.05) is 0 Å². The lowest BCUT2D eigenvalue weighted by Crippen LogP contribution is -2.29. The van der Waals surface area contributed by atoms with Gasteiger partial charge < -0.3 is 5.11 Å². The zero-order chi connectivity index (χ0) is 15.5. The molecule has 1 N–H and O–H groups in total. The average molecular weight is 307 g/mol. The molecule has 1 aliphatic rings. The molecule has 0 aromatic heterocycles. The van der Waals surface area contributed by atoms with Crippen LogP contribution in [0, 0.1) is 23.7 Å². The summed E-state index contributed by atoms with van der Waals surface area (Å²) in [4.78, 5) is 0.242. The third-order valence-electron chi connectivity index (χ3n) is 3.80. The highest BCUT2D eigenvalue weighted by molar-refractivity contribution is 7.89. The Balaban J connectivity index is 2.25. The molecule has 0 aliphatic heterocycles. The molecule has 1 saturated carbocycles. The van der Waals surface area contributed by atoms with Crippen LogP contribution >= 0.6 is 0 Å². The van der Waals surface area contributed by atoms with E-state index in [1.54, 1.807) is 31.3 Å². The molecule has 1 aromatic carbocycles. The lowest BCUT2D eigenvalue weighted by atomic mass is 10.2. The molecule has 2 rings (SSSR count). The number of aliphatic hydroxyl groups excluding tert-OH is 1. The van der Waals surface area contributed by atoms with E-state index in [9.17, 15) is 8.42 Å². The summed E-state index contributed by atoms with van der Waals surface area (Å²) in [6, 6.07) is 6.76. The first-order chi connectivity index (χ1) is 9.96. The molecule has 21 heavy (non-hydrogen) atoms. The van der Waals surface area contributed by atoms with E-state index in [-0.39, 0.29) is 11.5 Å². The van der Waals surface area contributed by atoms with E-state index in [2.05, 4.69) is 18.8 Å². The SMILES string of the molecule is CC1CC1CN(C)S(=O)(=O)c1ccccc1C#CCCO. The Kier molecular flexibility index (Phi) is 5.04. The first-order valence-electron chi connectivity index (χ1n) is 7.12. The molecule has 5 heteroatoms. The predicted octanol–water partition coefficient (Wildman–Crippen LogP) is 1.70. The Morgan fingerprint density at radius 1 is 1.38 bits per heavy atom. The van der Waals surface area contributed by atoms with Crippen LogP contribution < -0.4 is 0 Å². The monoisotopic (exact) mass is 307 g/mol. The summed E-state index contributed by atoms with van der Waals surface area (Å²) in [5.74, 6) is 6.70. The molecule has 0 bridgehead atoms. The summed E-state index contributed by atoms with van der Waals surface area (Å²) in [5, 5.41) is 8.76. The van der Waals surface area contributed by atoms with E-state index >= 15 is 0 Å². The average Bonchev–Trinajstić information content (AvgIpc) is 3.14. The number of hydrogen-bond donors (Lipinski definition) is 1. The van der Waals surface area contributed by atoms with Gasteiger partial charge in [-0.2, -0.15) is 0 Å². The fourth-order valence-corrected chi connectivity index (χ4v) is 3.63. The second-order valence-corrected chi connectivity index (χ2v) is 7.54. The van der Waals surface area contributed by atoms with Crippen molar-refractivity contribution >= 4 is 10.0 Å². The van der Waals surface area contributed by atoms with Gasteiger partial charge in [0.1, 0.15) is 0 Å². The fourth-order valence-electron chi connectivity index (χ4n) is 2.26. The number of rotatable bonds is 5. The van der Waals surface area contributed by atoms with Crippen molar-refractivity contribution in [3.63, 3.8) is 0 Å². The summed E-state index contributed by atoms with van der Waals surface area (Å²) in [5.41, 5.74) is 0.488. The van der Waals surface area contributed by atoms with Gasteiger partial charge in [-0.1, -0.05) is 30.9 Å². The molecule has 1 fully saturated rings. The standard InChI is InChI=1S/C16H21NO3S/c1-13-11-15(13)12-17(2)21(19,20)16-9-4-3-7-14(16)8-5-6-10-18/h3-4,7,9,13,15,18H,6,10-12H2,1-2H3. The highest BCUT2D eigenvalue weighted by Gasteiger charge is 2.36. The van der Waals surface area contributed by atoms with Gasteiger partial charge in [-0.3, -0.25) is 0 Å². The molecular formula is C16H21NO3S. The van der Waals surface area contributed by atoms with Gasteiger partial charge in [-0.25, -0.2) is 12.7 Å². The van der Waals surface area contributed by atoms with Crippen LogP contribution in [0.1, 0.15) is 25.3 Å². The minimum Gasteiger partial charge on any atom is -0.395 e. The lowest BCUT2D eigenvalue weighted by Gasteiger charge is -2.18. The van der Waals surface area contributed by atoms with E-state index in [0.29, 0.717) is 30.4 Å². The van der Waals surface area contributed by atoms with Crippen molar-refractivity contribution in [2.45, 2.75) is 24.7 Å². The van der Waals surface area contributed by atoms with E-state index in [4.69, 9.17) is 5.11 Å². The van der Waals surface area contributed by atoms with Crippen molar-refractivity contribution in [2.75, 3.05) is 20.2 Å². The molecule has 4 nitrogen and oxygen atoms in total. The first kappa shape index (κ1) is 16.0. The molecular weight excluding hydrogens is 286 g/mol. The highest BCUT2D eigenvalue weighted by atomic mass is 32.2. The number of benzene rings is 1. The minimum absolute atomic E-state index is 0.0264. The molecule has 0 saturated heterocycles. The van der Waals surface area contributed by atoms with Crippen LogP contribution in [0.25, 0.3) is 0 Å². The van der Waals surface area contributed by atoms with E-state index in [1.165, 1.54) is 4.31 Å². The quantitative estimate of drug-likeness (QED) is 0.842. The van der Waals surface area contributed by atoms with Crippen molar-refractivity contribution in [2.24, 2.45) is 11.8 Å². The number of hydrogen-bond acceptors (Lipinski definition) is 3. The molecule has 2 unspecified atom stereocenters. The summed E-state index contributed by atoms with van der Waals surface area (Å²) < 4.78 is 26.8. The zero-order valence-electron chi connectivity index (χ0n) is 12.4. The van der Waals surface area contributed by atoms with Gasteiger partial charge in [0.25, 0.3) is 0 Å². The second kappa shape index (κ2) is 6.61. The van der Waals surface area contributed by atoms with Crippen molar-refractivity contribution in [3.8, 4) is 11.8 Å². The summed E-state index contributed by atoms with van der Waals surface area (Å²) in [6.07, 6.45) is 1.43. The topological polar surface area (TPSA) is 57.6 Å². The van der Waals surface area contributed by atoms with Crippen molar-refractivity contribution < 1.29 is 13.5 Å². The van der Waals surface area contributed by atoms with Crippen LogP contribution in [-0.4, -0.2) is 38.0 Å². The van der Waals surface area contributed by atoms with E-state index < -0.39 is 10.0 Å². The molecule has 1 aromatic rings. The van der Waals surface area contributed by atoms with Crippen LogP contribution in [0.15, 0.2) is 29.2 Å². The largest absolute Gasteiger partial charge is 0.395 e. The third-order valence-corrected chi connectivity index (χ3v) is 5.68. The van der Waals surface area contributed by atoms with Crippen molar-refractivity contribution in [1.82, 2.24) is 4.31 Å². The molecule has 1 aliphatic carbocycles. The predicted molar refractivity (Wildman–Crippen MR) is 82.1 cm³/mol. The number of sulfonamides is 1. The van der Waals surface area contributed by atoms with Crippen LogP contribution in [0.2, 0.25) is 0 Å². The van der Waals surface area contributed by atoms with Crippen LogP contribution in [-0.2, 0) is 10.0 Å². The summed E-state index contributed by atoms with van der Waals surface area (Å²) >= 11 is 0. The van der Waals surface area contributed by atoms with Gasteiger partial charge >= 0.3 is 0 Å². The third kappa shape index (κ3) is 3.85. The maximum Gasteiger partial charge on any atom is 0.244 e. The summed E-state index contributed by atoms with van der Waals surface area (Å²) in [6.45, 7) is 2.67. The molecule has 2 atom stereocenters. The van der Waals surface area contributed by atoms with Crippen molar-refractivity contribution in [3.05, 3.63) is 29.8 Å². The number of aliphatic hydroxyl groups is 1. The Morgan fingerprint density at radius 3 is 2.67 bits per heavy atom. The van der Waals surface area contributed by atoms with Crippen molar-refractivity contribution in [1.29, 1.82) is 0 Å². The van der Waals surface area contributed by atoms with Gasteiger partial charge in [0.15, 0.2) is 0 Å². The maximum absolute atomic E-state index is 12.7. The minimum atomic E-state index is -3.52. The zero-order valence-corrected chi connectivity index (χ0v) is 13.2. The van der Waals surface area contributed by atoms with Gasteiger partial charge in [0.05, 0.1) is 11.5 Å². The van der Waals surface area contributed by atoms with Gasteiger partial charge in [0.2, 0.25) is 10.0 Å². The summed E-state index contributed by atoms with van der Waals surface area (Å²) in [7, 11) is -1.89. The molecule has 0 radical (unpaired) electrons. The Hall–Kier alpha value is -1.35. The van der Waals surface area contributed by atoms with E-state index in [0.717, 1.165) is 6.42 Å². The maximum atomic E-state index is 12.7.